The lowest BCUT2D eigenvalue weighted by atomic mass is 10.1. The Morgan fingerprint density at radius 3 is 3.00 bits per heavy atom. The molecule has 0 aliphatic rings. The number of hydrogen-bond donors (Lipinski definition) is 1. The maximum Gasteiger partial charge on any atom is 0.251 e. The van der Waals surface area contributed by atoms with Crippen LogP contribution < -0.4 is 5.73 Å². The molecule has 2 N–H and O–H groups in total. The third-order valence-corrected chi connectivity index (χ3v) is 1.95. The fourth-order valence-corrected chi connectivity index (χ4v) is 1.17. The molecule has 0 saturated carbocycles. The van der Waals surface area contributed by atoms with Gasteiger partial charge in [0.15, 0.2) is 6.17 Å². The Hall–Kier alpha value is -1.45. The van der Waals surface area contributed by atoms with Crippen molar-refractivity contribution in [2.24, 2.45) is 5.73 Å². The first-order valence-electron chi connectivity index (χ1n) is 4.52. The summed E-state index contributed by atoms with van der Waals surface area (Å²) in [7, 11) is 0. The smallest absolute Gasteiger partial charge is 0.251 e. The van der Waals surface area contributed by atoms with Crippen molar-refractivity contribution in [1.82, 2.24) is 4.98 Å². The summed E-state index contributed by atoms with van der Waals surface area (Å²) in [5.41, 5.74) is 5.83. The minimum Gasteiger partial charge on any atom is -0.367 e. The average Bonchev–Trinajstić information content (AvgIpc) is 2.19. The van der Waals surface area contributed by atoms with Crippen molar-refractivity contribution < 1.29 is 9.18 Å². The molecule has 0 fully saturated rings. The number of alkyl halides is 1. The first-order valence-corrected chi connectivity index (χ1v) is 4.52. The summed E-state index contributed by atoms with van der Waals surface area (Å²) in [6.45, 7) is 0. The summed E-state index contributed by atoms with van der Waals surface area (Å²) in [6, 6.07) is 3.75. The van der Waals surface area contributed by atoms with E-state index < -0.39 is 12.1 Å². The van der Waals surface area contributed by atoms with Crippen molar-refractivity contribution in [3.05, 3.63) is 30.1 Å². The molecular formula is C10H13FN2O. The van der Waals surface area contributed by atoms with Gasteiger partial charge in [0.2, 0.25) is 0 Å². The van der Waals surface area contributed by atoms with Crippen LogP contribution in [0.25, 0.3) is 0 Å². The Kier molecular flexibility index (Phi) is 4.04. The standard InChI is InChI=1S/C10H13FN2O/c11-9(10(12)14)5-1-3-8-4-2-6-13-7-8/h2,4,6-7,9H,1,3,5H2,(H2,12,14). The normalized spacial score (nSPS) is 12.4. The summed E-state index contributed by atoms with van der Waals surface area (Å²) in [4.78, 5) is 14.3. The third-order valence-electron chi connectivity index (χ3n) is 1.95. The van der Waals surface area contributed by atoms with Crippen molar-refractivity contribution in [1.29, 1.82) is 0 Å². The maximum absolute atomic E-state index is 12.7. The number of aryl methyl sites for hydroxylation is 1. The van der Waals surface area contributed by atoms with Crippen LogP contribution in [0.4, 0.5) is 4.39 Å². The van der Waals surface area contributed by atoms with Crippen LogP contribution in [0, 0.1) is 0 Å². The van der Waals surface area contributed by atoms with E-state index >= 15 is 0 Å². The van der Waals surface area contributed by atoms with E-state index in [0.29, 0.717) is 6.42 Å². The predicted molar refractivity (Wildman–Crippen MR) is 51.3 cm³/mol. The van der Waals surface area contributed by atoms with Crippen LogP contribution >= 0.6 is 0 Å². The fourth-order valence-electron chi connectivity index (χ4n) is 1.17. The fraction of sp³-hybridized carbons (Fsp3) is 0.400. The Bertz CT molecular complexity index is 289. The lowest BCUT2D eigenvalue weighted by molar-refractivity contribution is -0.122. The number of amides is 1. The van der Waals surface area contributed by atoms with Gasteiger partial charge in [0.1, 0.15) is 0 Å². The quantitative estimate of drug-likeness (QED) is 0.770. The van der Waals surface area contributed by atoms with Gasteiger partial charge in [-0.25, -0.2) is 4.39 Å². The minimum atomic E-state index is -1.52. The highest BCUT2D eigenvalue weighted by Gasteiger charge is 2.11. The highest BCUT2D eigenvalue weighted by molar-refractivity contribution is 5.78. The number of hydrogen-bond acceptors (Lipinski definition) is 2. The zero-order valence-corrected chi connectivity index (χ0v) is 7.82. The number of carbonyl (C=O) groups excluding carboxylic acids is 1. The van der Waals surface area contributed by atoms with Crippen molar-refractivity contribution in [2.45, 2.75) is 25.4 Å². The van der Waals surface area contributed by atoms with Gasteiger partial charge in [0, 0.05) is 12.4 Å². The van der Waals surface area contributed by atoms with Crippen LogP contribution in [-0.2, 0) is 11.2 Å². The van der Waals surface area contributed by atoms with Crippen molar-refractivity contribution in [3.63, 3.8) is 0 Å². The predicted octanol–water partition coefficient (Wildman–Crippen LogP) is 1.23. The molecule has 1 heterocycles. The van der Waals surface area contributed by atoms with E-state index in [4.69, 9.17) is 5.73 Å². The molecule has 0 spiro atoms. The molecule has 14 heavy (non-hydrogen) atoms. The largest absolute Gasteiger partial charge is 0.367 e. The second-order valence-electron chi connectivity index (χ2n) is 3.12. The second-order valence-corrected chi connectivity index (χ2v) is 3.12. The number of primary amides is 1. The van der Waals surface area contributed by atoms with Crippen LogP contribution in [-0.4, -0.2) is 17.1 Å². The maximum atomic E-state index is 12.7. The van der Waals surface area contributed by atoms with E-state index in [2.05, 4.69) is 4.98 Å². The molecule has 1 rings (SSSR count). The number of nitrogens with zero attached hydrogens (tertiary/aromatic N) is 1. The summed E-state index contributed by atoms with van der Waals surface area (Å²) in [6.07, 6.45) is 3.41. The molecule has 76 valence electrons. The second kappa shape index (κ2) is 5.32. The molecule has 1 amide bonds. The number of pyridine rings is 1. The number of rotatable bonds is 5. The number of halogens is 1. The number of aromatic nitrogens is 1. The molecule has 4 heteroatoms. The Labute approximate surface area is 82.1 Å². The van der Waals surface area contributed by atoms with Gasteiger partial charge in [0.05, 0.1) is 0 Å². The Morgan fingerprint density at radius 2 is 2.43 bits per heavy atom. The van der Waals surface area contributed by atoms with Crippen molar-refractivity contribution in [3.8, 4) is 0 Å². The molecule has 0 radical (unpaired) electrons. The van der Waals surface area contributed by atoms with Crippen LogP contribution in [0.5, 0.6) is 0 Å². The van der Waals surface area contributed by atoms with E-state index in [9.17, 15) is 9.18 Å². The summed E-state index contributed by atoms with van der Waals surface area (Å²) in [5.74, 6) is -0.879. The van der Waals surface area contributed by atoms with Gasteiger partial charge in [-0.2, -0.15) is 0 Å². The molecule has 0 aliphatic heterocycles. The van der Waals surface area contributed by atoms with Gasteiger partial charge in [0.25, 0.3) is 5.91 Å². The minimum absolute atomic E-state index is 0.185. The lowest BCUT2D eigenvalue weighted by Crippen LogP contribution is -2.24. The summed E-state index contributed by atoms with van der Waals surface area (Å²) >= 11 is 0. The van der Waals surface area contributed by atoms with Crippen LogP contribution in [0.1, 0.15) is 18.4 Å². The molecule has 1 atom stereocenters. The van der Waals surface area contributed by atoms with E-state index in [-0.39, 0.29) is 6.42 Å². The molecule has 3 nitrogen and oxygen atoms in total. The molecule has 0 bridgehead atoms. The third kappa shape index (κ3) is 3.51. The van der Waals surface area contributed by atoms with Crippen LogP contribution in [0.15, 0.2) is 24.5 Å². The molecular weight excluding hydrogens is 183 g/mol. The van der Waals surface area contributed by atoms with Gasteiger partial charge < -0.3 is 5.73 Å². The zero-order valence-electron chi connectivity index (χ0n) is 7.82. The first-order chi connectivity index (χ1) is 6.70. The SMILES string of the molecule is NC(=O)C(F)CCCc1cccnc1. The summed E-state index contributed by atoms with van der Waals surface area (Å²) < 4.78 is 12.7. The van der Waals surface area contributed by atoms with Crippen LogP contribution in [0.2, 0.25) is 0 Å². The van der Waals surface area contributed by atoms with E-state index in [0.717, 1.165) is 12.0 Å². The van der Waals surface area contributed by atoms with E-state index in [1.54, 1.807) is 12.4 Å². The average molecular weight is 196 g/mol. The van der Waals surface area contributed by atoms with Gasteiger partial charge in [-0.05, 0) is 30.9 Å². The topological polar surface area (TPSA) is 56.0 Å². The van der Waals surface area contributed by atoms with Gasteiger partial charge >= 0.3 is 0 Å². The van der Waals surface area contributed by atoms with Crippen molar-refractivity contribution in [2.75, 3.05) is 0 Å². The first kappa shape index (κ1) is 10.6. The molecule has 0 aliphatic carbocycles. The summed E-state index contributed by atoms with van der Waals surface area (Å²) in [5, 5.41) is 0. The van der Waals surface area contributed by atoms with Gasteiger partial charge in [-0.15, -0.1) is 0 Å². The molecule has 0 saturated heterocycles. The Morgan fingerprint density at radius 1 is 1.64 bits per heavy atom. The van der Waals surface area contributed by atoms with Crippen molar-refractivity contribution >= 4 is 5.91 Å². The van der Waals surface area contributed by atoms with Crippen LogP contribution in [0.3, 0.4) is 0 Å². The Balaban J connectivity index is 2.26. The van der Waals surface area contributed by atoms with Gasteiger partial charge in [-0.3, -0.25) is 9.78 Å². The number of carbonyl (C=O) groups is 1. The van der Waals surface area contributed by atoms with E-state index in [1.807, 2.05) is 12.1 Å². The molecule has 1 unspecified atom stereocenters. The highest BCUT2D eigenvalue weighted by Crippen LogP contribution is 2.07. The molecule has 0 aromatic carbocycles. The van der Waals surface area contributed by atoms with Gasteiger partial charge in [-0.1, -0.05) is 6.07 Å². The number of nitrogens with two attached hydrogens (primary N) is 1. The molecule has 1 aromatic heterocycles. The zero-order chi connectivity index (χ0) is 10.4. The highest BCUT2D eigenvalue weighted by atomic mass is 19.1. The molecule has 1 aromatic rings. The monoisotopic (exact) mass is 196 g/mol. The van der Waals surface area contributed by atoms with E-state index in [1.165, 1.54) is 0 Å². The lowest BCUT2D eigenvalue weighted by Gasteiger charge is -2.03.